The first-order chi connectivity index (χ1) is 22.3. The SMILES string of the molecule is Cc1noc(C)c1NC(=O)Nc1ccc2c(c1)C(=O)N([C@@H](C)CO)C[C@@H](C)[C@H](CN(C)S(=O)(=O)c1cccs1)OCCCC[C@H](C)O2. The van der Waals surface area contributed by atoms with Crippen molar-refractivity contribution >= 4 is 44.7 Å². The van der Waals surface area contributed by atoms with Gasteiger partial charge in [0.25, 0.3) is 15.9 Å². The van der Waals surface area contributed by atoms with Gasteiger partial charge in [0.05, 0.1) is 30.4 Å². The number of aliphatic hydroxyl groups is 1. The second kappa shape index (κ2) is 16.1. The second-order valence-electron chi connectivity index (χ2n) is 12.0. The Kier molecular flexibility index (Phi) is 12.4. The van der Waals surface area contributed by atoms with Crippen LogP contribution in [0.25, 0.3) is 0 Å². The van der Waals surface area contributed by atoms with E-state index in [1.165, 1.54) is 11.4 Å². The Labute approximate surface area is 280 Å². The van der Waals surface area contributed by atoms with Crippen LogP contribution in [0, 0.1) is 19.8 Å². The van der Waals surface area contributed by atoms with Crippen molar-refractivity contribution < 1.29 is 37.1 Å². The normalized spacial score (nSPS) is 20.6. The minimum absolute atomic E-state index is 0.0847. The monoisotopic (exact) mass is 691 g/mol. The number of carbonyl (C=O) groups excluding carboxylic acids is 2. The van der Waals surface area contributed by atoms with Crippen LogP contribution in [0.1, 0.15) is 61.8 Å². The van der Waals surface area contributed by atoms with E-state index >= 15 is 0 Å². The molecule has 4 atom stereocenters. The van der Waals surface area contributed by atoms with Crippen LogP contribution in [0.3, 0.4) is 0 Å². The number of hydrogen-bond acceptors (Lipinski definition) is 10. The number of aryl methyl sites for hydroxylation is 2. The van der Waals surface area contributed by atoms with E-state index in [-0.39, 0.29) is 41.5 Å². The van der Waals surface area contributed by atoms with Gasteiger partial charge in [0.15, 0.2) is 5.76 Å². The smallest absolute Gasteiger partial charge is 0.323 e. The number of aliphatic hydroxyl groups excluding tert-OH is 1. The molecule has 3 heterocycles. The number of anilines is 2. The number of benzene rings is 1. The summed E-state index contributed by atoms with van der Waals surface area (Å²) in [6.45, 7) is 9.33. The molecule has 0 spiro atoms. The Balaban J connectivity index is 1.63. The number of rotatable bonds is 8. The number of carbonyl (C=O) groups is 2. The number of thiophene rings is 1. The summed E-state index contributed by atoms with van der Waals surface area (Å²) in [6.07, 6.45) is 1.47. The molecule has 3 aromatic rings. The Morgan fingerprint density at radius 3 is 2.64 bits per heavy atom. The Morgan fingerprint density at radius 1 is 1.21 bits per heavy atom. The van der Waals surface area contributed by atoms with Crippen molar-refractivity contribution in [2.24, 2.45) is 5.92 Å². The maximum atomic E-state index is 14.3. The van der Waals surface area contributed by atoms with Crippen LogP contribution in [-0.4, -0.2) is 91.4 Å². The Hall–Kier alpha value is -3.50. The topological polar surface area (TPSA) is 164 Å². The third kappa shape index (κ3) is 9.11. The van der Waals surface area contributed by atoms with Crippen molar-refractivity contribution in [2.75, 3.05) is 44.0 Å². The number of fused-ring (bicyclic) bond motifs is 1. The van der Waals surface area contributed by atoms with E-state index < -0.39 is 34.1 Å². The van der Waals surface area contributed by atoms with Gasteiger partial charge < -0.3 is 34.6 Å². The van der Waals surface area contributed by atoms with Crippen LogP contribution in [0.4, 0.5) is 16.2 Å². The average molecular weight is 692 g/mol. The number of ether oxygens (including phenoxy) is 2. The molecule has 2 aromatic heterocycles. The van der Waals surface area contributed by atoms with Crippen LogP contribution in [0.2, 0.25) is 0 Å². The highest BCUT2D eigenvalue weighted by molar-refractivity contribution is 7.91. The summed E-state index contributed by atoms with van der Waals surface area (Å²) in [5, 5.41) is 21.3. The quantitative estimate of drug-likeness (QED) is 0.291. The van der Waals surface area contributed by atoms with E-state index in [0.717, 1.165) is 24.2 Å². The fourth-order valence-corrected chi connectivity index (χ4v) is 7.70. The first-order valence-electron chi connectivity index (χ1n) is 15.7. The Morgan fingerprint density at radius 2 is 1.98 bits per heavy atom. The molecule has 15 heteroatoms. The zero-order valence-corrected chi connectivity index (χ0v) is 29.3. The summed E-state index contributed by atoms with van der Waals surface area (Å²) in [6, 6.07) is 7.00. The van der Waals surface area contributed by atoms with Crippen molar-refractivity contribution in [1.82, 2.24) is 14.4 Å². The lowest BCUT2D eigenvalue weighted by Crippen LogP contribution is -2.48. The van der Waals surface area contributed by atoms with Crippen molar-refractivity contribution in [3.63, 3.8) is 0 Å². The van der Waals surface area contributed by atoms with Crippen molar-refractivity contribution in [1.29, 1.82) is 0 Å². The highest BCUT2D eigenvalue weighted by Crippen LogP contribution is 2.29. The molecule has 0 fully saturated rings. The molecule has 258 valence electrons. The molecule has 1 aliphatic rings. The predicted octanol–water partition coefficient (Wildman–Crippen LogP) is 5.11. The minimum atomic E-state index is -3.72. The number of hydrogen-bond donors (Lipinski definition) is 3. The third-order valence-electron chi connectivity index (χ3n) is 8.18. The van der Waals surface area contributed by atoms with Crippen molar-refractivity contribution in [3.8, 4) is 5.75 Å². The molecule has 4 rings (SSSR count). The van der Waals surface area contributed by atoms with E-state index in [1.54, 1.807) is 61.4 Å². The number of nitrogens with one attached hydrogen (secondary N) is 2. The van der Waals surface area contributed by atoms with E-state index in [9.17, 15) is 23.1 Å². The summed E-state index contributed by atoms with van der Waals surface area (Å²) in [5.41, 5.74) is 1.55. The lowest BCUT2D eigenvalue weighted by atomic mass is 10.0. The molecule has 0 unspecified atom stereocenters. The summed E-state index contributed by atoms with van der Waals surface area (Å²) >= 11 is 1.15. The predicted molar refractivity (Wildman–Crippen MR) is 180 cm³/mol. The molecule has 1 aromatic carbocycles. The molecule has 0 radical (unpaired) electrons. The number of sulfonamides is 1. The van der Waals surface area contributed by atoms with Gasteiger partial charge in [-0.1, -0.05) is 18.1 Å². The van der Waals surface area contributed by atoms with Crippen LogP contribution < -0.4 is 15.4 Å². The molecule has 0 aliphatic carbocycles. The second-order valence-corrected chi connectivity index (χ2v) is 15.2. The van der Waals surface area contributed by atoms with Gasteiger partial charge in [-0.15, -0.1) is 11.3 Å². The number of amides is 3. The molecule has 47 heavy (non-hydrogen) atoms. The number of urea groups is 1. The van der Waals surface area contributed by atoms with Gasteiger partial charge in [0, 0.05) is 38.3 Å². The lowest BCUT2D eigenvalue weighted by Gasteiger charge is -2.35. The standard InChI is InChI=1S/C32H45N5O8S2/c1-20-17-37(21(2)19-38)31(39)26-16-25(33-32(40)34-30-23(4)35-45-24(30)5)12-13-27(26)44-22(3)10-7-8-14-43-28(20)18-36(6)47(41,42)29-11-9-15-46-29/h9,11-13,15-16,20-22,28,38H,7-8,10,14,17-19H2,1-6H3,(H2,33,34,40)/t20-,21+,22+,28+/m1/s1. The van der Waals surface area contributed by atoms with E-state index in [1.807, 2.05) is 13.8 Å². The molecule has 0 saturated heterocycles. The molecular formula is C32H45N5O8S2. The fraction of sp³-hybridized carbons (Fsp3) is 0.531. The molecule has 13 nitrogen and oxygen atoms in total. The van der Waals surface area contributed by atoms with Crippen molar-refractivity contribution in [3.05, 3.63) is 52.7 Å². The zero-order valence-electron chi connectivity index (χ0n) is 27.7. The first-order valence-corrected chi connectivity index (χ1v) is 18.0. The number of likely N-dealkylation sites (N-methyl/N-ethyl adjacent to an activating group) is 1. The minimum Gasteiger partial charge on any atom is -0.490 e. The van der Waals surface area contributed by atoms with Crippen LogP contribution in [-0.2, 0) is 14.8 Å². The Bertz CT molecular complexity index is 1590. The van der Waals surface area contributed by atoms with E-state index in [2.05, 4.69) is 15.8 Å². The van der Waals surface area contributed by atoms with Gasteiger partial charge in [-0.05, 0) is 76.6 Å². The summed E-state index contributed by atoms with van der Waals surface area (Å²) in [5.74, 6) is 0.0847. The van der Waals surface area contributed by atoms with Crippen molar-refractivity contribution in [2.45, 2.75) is 76.3 Å². The molecule has 3 amide bonds. The van der Waals surface area contributed by atoms with Crippen LogP contribution in [0.5, 0.6) is 5.75 Å². The summed E-state index contributed by atoms with van der Waals surface area (Å²) in [4.78, 5) is 28.8. The summed E-state index contributed by atoms with van der Waals surface area (Å²) in [7, 11) is -2.19. The maximum absolute atomic E-state index is 14.3. The van der Waals surface area contributed by atoms with Gasteiger partial charge in [0.2, 0.25) is 0 Å². The largest absolute Gasteiger partial charge is 0.490 e. The van der Waals surface area contributed by atoms with Crippen LogP contribution >= 0.6 is 11.3 Å². The third-order valence-corrected chi connectivity index (χ3v) is 11.4. The highest BCUT2D eigenvalue weighted by atomic mass is 32.2. The van der Waals surface area contributed by atoms with Crippen LogP contribution in [0.15, 0.2) is 44.4 Å². The zero-order chi connectivity index (χ0) is 34.3. The van der Waals surface area contributed by atoms with Gasteiger partial charge >= 0.3 is 6.03 Å². The first kappa shape index (κ1) is 36.3. The highest BCUT2D eigenvalue weighted by Gasteiger charge is 2.32. The van der Waals surface area contributed by atoms with Gasteiger partial charge in [-0.2, -0.15) is 4.31 Å². The molecule has 3 N–H and O–H groups in total. The van der Waals surface area contributed by atoms with Gasteiger partial charge in [0.1, 0.15) is 21.3 Å². The van der Waals surface area contributed by atoms with E-state index in [0.29, 0.717) is 41.6 Å². The van der Waals surface area contributed by atoms with E-state index in [4.69, 9.17) is 14.0 Å². The van der Waals surface area contributed by atoms with Gasteiger partial charge in [-0.3, -0.25) is 4.79 Å². The maximum Gasteiger partial charge on any atom is 0.323 e. The number of nitrogens with zero attached hydrogens (tertiary/aromatic N) is 3. The fourth-order valence-electron chi connectivity index (χ4n) is 5.32. The summed E-state index contributed by atoms with van der Waals surface area (Å²) < 4.78 is 45.7. The lowest BCUT2D eigenvalue weighted by molar-refractivity contribution is -0.00832. The molecule has 0 bridgehead atoms. The van der Waals surface area contributed by atoms with Gasteiger partial charge in [-0.25, -0.2) is 13.2 Å². The molecule has 1 aliphatic heterocycles. The average Bonchev–Trinajstić information content (AvgIpc) is 3.69. The molecule has 0 saturated carbocycles. The number of aromatic nitrogens is 1. The molecular weight excluding hydrogens is 647 g/mol.